The van der Waals surface area contributed by atoms with E-state index in [-0.39, 0.29) is 23.6 Å². The number of imidazole rings is 1. The number of amides is 2. The lowest BCUT2D eigenvalue weighted by atomic mass is 10.1. The van der Waals surface area contributed by atoms with Gasteiger partial charge in [-0.25, -0.2) is 14.8 Å². The van der Waals surface area contributed by atoms with Gasteiger partial charge in [-0.3, -0.25) is 14.5 Å². The molecule has 0 bridgehead atoms. The minimum Gasteiger partial charge on any atom is -0.480 e. The number of anilines is 1. The second-order valence-corrected chi connectivity index (χ2v) is 8.18. The van der Waals surface area contributed by atoms with Gasteiger partial charge in [0.2, 0.25) is 0 Å². The Morgan fingerprint density at radius 3 is 2.51 bits per heavy atom. The monoisotopic (exact) mass is 495 g/mol. The van der Waals surface area contributed by atoms with Crippen LogP contribution in [0.15, 0.2) is 101 Å². The predicted molar refractivity (Wildman–Crippen MR) is 135 cm³/mol. The molecule has 0 saturated heterocycles. The third-order valence-electron chi connectivity index (χ3n) is 5.68. The minimum absolute atomic E-state index is 0.0586. The normalized spacial score (nSPS) is 15.0. The van der Waals surface area contributed by atoms with Crippen molar-refractivity contribution in [2.24, 2.45) is 4.99 Å². The second kappa shape index (κ2) is 10.2. The number of nitrogens with one attached hydrogen (secondary N) is 2. The first-order chi connectivity index (χ1) is 18.0. The SMILES string of the molecule is O=C(N[C@H](Cc1cnc[nH]1)C(=O)O)c1ccc(N2C(=O)/C(=C/c3ccco3)N=C2c2ccccc2)cc1. The maximum Gasteiger partial charge on any atom is 0.326 e. The Labute approximate surface area is 211 Å². The summed E-state index contributed by atoms with van der Waals surface area (Å²) in [6, 6.07) is 17.9. The number of carbonyl (C=O) groups is 3. The average Bonchev–Trinajstić information content (AvgIpc) is 3.68. The Morgan fingerprint density at radius 2 is 1.86 bits per heavy atom. The highest BCUT2D eigenvalue weighted by molar-refractivity contribution is 6.33. The molecule has 0 fully saturated rings. The molecule has 0 unspecified atom stereocenters. The van der Waals surface area contributed by atoms with E-state index in [1.165, 1.54) is 35.8 Å². The highest BCUT2D eigenvalue weighted by Gasteiger charge is 2.33. The van der Waals surface area contributed by atoms with E-state index in [1.807, 2.05) is 30.3 Å². The van der Waals surface area contributed by atoms with Gasteiger partial charge in [-0.15, -0.1) is 0 Å². The van der Waals surface area contributed by atoms with Crippen molar-refractivity contribution in [3.63, 3.8) is 0 Å². The number of amidine groups is 1. The number of carboxylic acid groups (broad SMARTS) is 1. The van der Waals surface area contributed by atoms with Crippen LogP contribution in [0.25, 0.3) is 6.08 Å². The maximum absolute atomic E-state index is 13.4. The molecule has 5 rings (SSSR count). The van der Waals surface area contributed by atoms with Crippen LogP contribution >= 0.6 is 0 Å². The van der Waals surface area contributed by atoms with Gasteiger partial charge in [-0.2, -0.15) is 0 Å². The van der Waals surface area contributed by atoms with Crippen molar-refractivity contribution in [3.8, 4) is 0 Å². The molecule has 2 aromatic carbocycles. The van der Waals surface area contributed by atoms with Gasteiger partial charge in [-0.05, 0) is 36.4 Å². The van der Waals surface area contributed by atoms with Crippen molar-refractivity contribution in [3.05, 3.63) is 114 Å². The molecule has 37 heavy (non-hydrogen) atoms. The number of hydrogen-bond acceptors (Lipinski definition) is 6. The molecular formula is C27H21N5O5. The molecule has 1 aliphatic heterocycles. The summed E-state index contributed by atoms with van der Waals surface area (Å²) in [4.78, 5) is 50.5. The number of furan rings is 1. The third kappa shape index (κ3) is 5.08. The molecule has 1 aliphatic rings. The van der Waals surface area contributed by atoms with Crippen LogP contribution in [0.5, 0.6) is 0 Å². The molecule has 0 spiro atoms. The summed E-state index contributed by atoms with van der Waals surface area (Å²) in [6.07, 6.45) is 6.09. The number of benzene rings is 2. The van der Waals surface area contributed by atoms with Crippen LogP contribution in [0.3, 0.4) is 0 Å². The second-order valence-electron chi connectivity index (χ2n) is 8.18. The Kier molecular flexibility index (Phi) is 6.45. The first-order valence-corrected chi connectivity index (χ1v) is 11.3. The number of nitrogens with zero attached hydrogens (tertiary/aromatic N) is 3. The van der Waals surface area contributed by atoms with Gasteiger partial charge >= 0.3 is 5.97 Å². The van der Waals surface area contributed by atoms with Crippen LogP contribution < -0.4 is 10.2 Å². The topological polar surface area (TPSA) is 141 Å². The number of aromatic nitrogens is 2. The van der Waals surface area contributed by atoms with Gasteiger partial charge in [0.25, 0.3) is 11.8 Å². The molecule has 10 nitrogen and oxygen atoms in total. The summed E-state index contributed by atoms with van der Waals surface area (Å²) in [6.45, 7) is 0. The first-order valence-electron chi connectivity index (χ1n) is 11.3. The van der Waals surface area contributed by atoms with Crippen LogP contribution in [0, 0.1) is 0 Å². The zero-order valence-corrected chi connectivity index (χ0v) is 19.4. The summed E-state index contributed by atoms with van der Waals surface area (Å²) >= 11 is 0. The molecule has 10 heteroatoms. The molecule has 184 valence electrons. The van der Waals surface area contributed by atoms with Gasteiger partial charge in [0.1, 0.15) is 23.3 Å². The Balaban J connectivity index is 1.39. The van der Waals surface area contributed by atoms with E-state index in [0.29, 0.717) is 23.0 Å². The fourth-order valence-corrected chi connectivity index (χ4v) is 3.86. The van der Waals surface area contributed by atoms with Crippen LogP contribution in [-0.4, -0.2) is 44.7 Å². The summed E-state index contributed by atoms with van der Waals surface area (Å²) < 4.78 is 5.34. The number of hydrogen-bond donors (Lipinski definition) is 3. The fraction of sp³-hybridized carbons (Fsp3) is 0.0741. The Morgan fingerprint density at radius 1 is 1.08 bits per heavy atom. The van der Waals surface area contributed by atoms with Gasteiger partial charge in [0.15, 0.2) is 0 Å². The Hall–Kier alpha value is -5.25. The van der Waals surface area contributed by atoms with Gasteiger partial charge in [-0.1, -0.05) is 30.3 Å². The zero-order chi connectivity index (χ0) is 25.8. The van der Waals surface area contributed by atoms with Crippen LogP contribution in [0.4, 0.5) is 5.69 Å². The predicted octanol–water partition coefficient (Wildman–Crippen LogP) is 3.26. The van der Waals surface area contributed by atoms with E-state index in [4.69, 9.17) is 4.42 Å². The van der Waals surface area contributed by atoms with Crippen molar-refractivity contribution in [1.29, 1.82) is 0 Å². The molecule has 3 heterocycles. The number of aliphatic carboxylic acids is 1. The van der Waals surface area contributed by atoms with E-state index < -0.39 is 17.9 Å². The molecule has 3 N–H and O–H groups in total. The molecule has 4 aromatic rings. The summed E-state index contributed by atoms with van der Waals surface area (Å²) in [7, 11) is 0. The maximum atomic E-state index is 13.4. The van der Waals surface area contributed by atoms with Gasteiger partial charge < -0.3 is 19.8 Å². The van der Waals surface area contributed by atoms with Crippen LogP contribution in [-0.2, 0) is 16.0 Å². The van der Waals surface area contributed by atoms with Crippen molar-refractivity contribution in [2.75, 3.05) is 4.90 Å². The van der Waals surface area contributed by atoms with E-state index in [1.54, 1.807) is 30.3 Å². The van der Waals surface area contributed by atoms with Crippen molar-refractivity contribution < 1.29 is 23.9 Å². The molecule has 0 saturated carbocycles. The minimum atomic E-state index is -1.16. The molecule has 2 amide bonds. The molecule has 1 atom stereocenters. The molecule has 2 aromatic heterocycles. The standard InChI is InChI=1S/C27H21N5O5/c33-25(31-23(27(35)36)13-19-15-28-16-29-19)18-8-10-20(11-9-18)32-24(17-5-2-1-3-6-17)30-22(26(32)34)14-21-7-4-12-37-21/h1-12,14-16,23H,13H2,(H,28,29)(H,31,33)(H,35,36)/b22-14-/t23-/m1/s1. The fourth-order valence-electron chi connectivity index (χ4n) is 3.86. The first kappa shape index (κ1) is 23.5. The van der Waals surface area contributed by atoms with Crippen molar-refractivity contribution in [1.82, 2.24) is 15.3 Å². The molecule has 0 radical (unpaired) electrons. The lowest BCUT2D eigenvalue weighted by Crippen LogP contribution is -2.42. The van der Waals surface area contributed by atoms with E-state index in [0.717, 1.165) is 5.56 Å². The summed E-state index contributed by atoms with van der Waals surface area (Å²) in [5.41, 5.74) is 2.28. The lowest BCUT2D eigenvalue weighted by Gasteiger charge is -2.19. The Bertz CT molecular complexity index is 1470. The summed E-state index contributed by atoms with van der Waals surface area (Å²) in [5, 5.41) is 12.0. The van der Waals surface area contributed by atoms with Crippen LogP contribution in [0.2, 0.25) is 0 Å². The highest BCUT2D eigenvalue weighted by Crippen LogP contribution is 2.28. The lowest BCUT2D eigenvalue weighted by molar-refractivity contribution is -0.139. The highest BCUT2D eigenvalue weighted by atomic mass is 16.4. The van der Waals surface area contributed by atoms with E-state index in [2.05, 4.69) is 20.3 Å². The number of rotatable bonds is 8. The number of aromatic amines is 1. The van der Waals surface area contributed by atoms with Crippen molar-refractivity contribution in [2.45, 2.75) is 12.5 Å². The molecular weight excluding hydrogens is 474 g/mol. The number of aliphatic imine (C=N–C) groups is 1. The average molecular weight is 495 g/mol. The summed E-state index contributed by atoms with van der Waals surface area (Å²) in [5.74, 6) is -1.14. The largest absolute Gasteiger partial charge is 0.480 e. The quantitative estimate of drug-likeness (QED) is 0.321. The van der Waals surface area contributed by atoms with Gasteiger partial charge in [0, 0.05) is 35.5 Å². The number of H-pyrrole nitrogens is 1. The van der Waals surface area contributed by atoms with Crippen LogP contribution in [0.1, 0.15) is 27.4 Å². The van der Waals surface area contributed by atoms with Gasteiger partial charge in [0.05, 0.1) is 18.3 Å². The number of carbonyl (C=O) groups excluding carboxylic acids is 2. The molecule has 0 aliphatic carbocycles. The number of carboxylic acids is 1. The third-order valence-corrected chi connectivity index (χ3v) is 5.68. The van der Waals surface area contributed by atoms with Crippen molar-refractivity contribution >= 4 is 35.4 Å². The van der Waals surface area contributed by atoms with E-state index in [9.17, 15) is 19.5 Å². The zero-order valence-electron chi connectivity index (χ0n) is 19.4. The van der Waals surface area contributed by atoms with E-state index >= 15 is 0 Å². The smallest absolute Gasteiger partial charge is 0.326 e.